The molecule has 1 N–H and O–H groups in total. The van der Waals surface area contributed by atoms with Crippen molar-refractivity contribution in [2.75, 3.05) is 6.54 Å². The third-order valence-electron chi connectivity index (χ3n) is 6.46. The third kappa shape index (κ3) is 5.18. The van der Waals surface area contributed by atoms with Gasteiger partial charge in [0.25, 0.3) is 5.91 Å². The van der Waals surface area contributed by atoms with Crippen LogP contribution >= 0.6 is 0 Å². The van der Waals surface area contributed by atoms with E-state index in [1.807, 2.05) is 0 Å². The van der Waals surface area contributed by atoms with Gasteiger partial charge < -0.3 is 9.88 Å². The van der Waals surface area contributed by atoms with E-state index in [4.69, 9.17) is 0 Å². The fourth-order valence-electron chi connectivity index (χ4n) is 4.60. The number of allylic oxidation sites excluding steroid dienone is 4. The Morgan fingerprint density at radius 3 is 2.79 bits per heavy atom. The standard InChI is InChI=1S/C25H38N2O/c1-4-5-16-26-25(28)23-17-24(22-13-9-10-19(2)14-15-22)27(20(23)3)18-21-11-7-6-8-12-21/h9-10,15,17,19,21H,4-8,11-14,16,18H2,1-3H3,(H,26,28). The number of carbonyl (C=O) groups is 1. The second kappa shape index (κ2) is 10.1. The van der Waals surface area contributed by atoms with Crippen molar-refractivity contribution < 1.29 is 4.79 Å². The summed E-state index contributed by atoms with van der Waals surface area (Å²) < 4.78 is 2.46. The minimum atomic E-state index is 0.0905. The van der Waals surface area contributed by atoms with E-state index < -0.39 is 0 Å². The summed E-state index contributed by atoms with van der Waals surface area (Å²) >= 11 is 0. The van der Waals surface area contributed by atoms with Crippen molar-refractivity contribution in [1.29, 1.82) is 0 Å². The molecule has 1 unspecified atom stereocenters. The molecule has 28 heavy (non-hydrogen) atoms. The molecule has 0 radical (unpaired) electrons. The van der Waals surface area contributed by atoms with Crippen LogP contribution in [0.5, 0.6) is 0 Å². The van der Waals surface area contributed by atoms with Gasteiger partial charge >= 0.3 is 0 Å². The predicted octanol–water partition coefficient (Wildman–Crippen LogP) is 6.28. The number of carbonyl (C=O) groups excluding carboxylic acids is 1. The quantitative estimate of drug-likeness (QED) is 0.437. The Balaban J connectivity index is 1.89. The number of nitrogens with zero attached hydrogens (tertiary/aromatic N) is 1. The predicted molar refractivity (Wildman–Crippen MR) is 119 cm³/mol. The van der Waals surface area contributed by atoms with E-state index in [1.54, 1.807) is 0 Å². The van der Waals surface area contributed by atoms with Gasteiger partial charge in [0.1, 0.15) is 0 Å². The van der Waals surface area contributed by atoms with Crippen molar-refractivity contribution in [2.45, 2.75) is 85.1 Å². The molecule has 1 aromatic heterocycles. The summed E-state index contributed by atoms with van der Waals surface area (Å²) in [7, 11) is 0. The van der Waals surface area contributed by atoms with Gasteiger partial charge in [0.2, 0.25) is 0 Å². The Morgan fingerprint density at radius 1 is 1.25 bits per heavy atom. The minimum Gasteiger partial charge on any atom is -0.352 e. The fourth-order valence-corrected chi connectivity index (χ4v) is 4.60. The highest BCUT2D eigenvalue weighted by Crippen LogP contribution is 2.32. The topological polar surface area (TPSA) is 34.0 Å². The first kappa shape index (κ1) is 21.0. The maximum Gasteiger partial charge on any atom is 0.253 e. The zero-order valence-corrected chi connectivity index (χ0v) is 18.1. The van der Waals surface area contributed by atoms with Crippen molar-refractivity contribution in [3.63, 3.8) is 0 Å². The molecular weight excluding hydrogens is 344 g/mol. The van der Waals surface area contributed by atoms with E-state index in [1.165, 1.54) is 43.4 Å². The molecular formula is C25H38N2O. The zero-order valence-electron chi connectivity index (χ0n) is 18.1. The van der Waals surface area contributed by atoms with Gasteiger partial charge in [0.05, 0.1) is 5.56 Å². The highest BCUT2D eigenvalue weighted by molar-refractivity contribution is 5.96. The Kier molecular flexibility index (Phi) is 7.58. The molecule has 0 spiro atoms. The molecule has 1 heterocycles. The summed E-state index contributed by atoms with van der Waals surface area (Å²) in [5.41, 5.74) is 4.65. The number of amides is 1. The largest absolute Gasteiger partial charge is 0.352 e. The molecule has 154 valence electrons. The maximum absolute atomic E-state index is 12.8. The molecule has 3 rings (SSSR count). The van der Waals surface area contributed by atoms with E-state index in [-0.39, 0.29) is 5.91 Å². The van der Waals surface area contributed by atoms with Crippen LogP contribution in [0, 0.1) is 18.8 Å². The smallest absolute Gasteiger partial charge is 0.253 e. The van der Waals surface area contributed by atoms with Crippen molar-refractivity contribution >= 4 is 11.5 Å². The number of nitrogens with one attached hydrogen (secondary N) is 1. The first-order valence-electron chi connectivity index (χ1n) is 11.4. The molecule has 0 aliphatic heterocycles. The van der Waals surface area contributed by atoms with Crippen molar-refractivity contribution in [3.8, 4) is 0 Å². The van der Waals surface area contributed by atoms with Crippen LogP contribution in [-0.2, 0) is 6.54 Å². The van der Waals surface area contributed by atoms with Gasteiger partial charge in [-0.25, -0.2) is 0 Å². The van der Waals surface area contributed by atoms with Crippen molar-refractivity contribution in [1.82, 2.24) is 9.88 Å². The van der Waals surface area contributed by atoms with E-state index in [0.717, 1.165) is 55.9 Å². The summed E-state index contributed by atoms with van der Waals surface area (Å²) in [5.74, 6) is 1.43. The minimum absolute atomic E-state index is 0.0905. The lowest BCUT2D eigenvalue weighted by Gasteiger charge is -2.24. The zero-order chi connectivity index (χ0) is 19.9. The van der Waals surface area contributed by atoms with E-state index in [2.05, 4.69) is 54.9 Å². The van der Waals surface area contributed by atoms with Gasteiger partial charge in [-0.3, -0.25) is 4.79 Å². The second-order valence-electron chi connectivity index (χ2n) is 8.83. The Hall–Kier alpha value is -1.77. The third-order valence-corrected chi connectivity index (χ3v) is 6.46. The lowest BCUT2D eigenvalue weighted by molar-refractivity contribution is 0.0952. The fraction of sp³-hybridized carbons (Fsp3) is 0.640. The molecule has 2 aliphatic carbocycles. The lowest BCUT2D eigenvalue weighted by Crippen LogP contribution is -2.25. The summed E-state index contributed by atoms with van der Waals surface area (Å²) in [6.07, 6.45) is 18.0. The summed E-state index contributed by atoms with van der Waals surface area (Å²) in [4.78, 5) is 12.8. The molecule has 1 aromatic rings. The van der Waals surface area contributed by atoms with Crippen molar-refractivity contribution in [2.24, 2.45) is 11.8 Å². The summed E-state index contributed by atoms with van der Waals surface area (Å²) in [5, 5.41) is 3.12. The molecule has 1 atom stereocenters. The van der Waals surface area contributed by atoms with Gasteiger partial charge in [-0.05, 0) is 62.5 Å². The van der Waals surface area contributed by atoms with Crippen LogP contribution in [0.25, 0.3) is 5.57 Å². The summed E-state index contributed by atoms with van der Waals surface area (Å²) in [6, 6.07) is 2.16. The monoisotopic (exact) mass is 382 g/mol. The first-order chi connectivity index (χ1) is 13.6. The van der Waals surface area contributed by atoms with Crippen LogP contribution in [0.15, 0.2) is 24.3 Å². The van der Waals surface area contributed by atoms with Crippen molar-refractivity contribution in [3.05, 3.63) is 41.2 Å². The SMILES string of the molecule is CCCCNC(=O)c1cc(C2=CCC(C)C=CC2)n(CC2CCCCC2)c1C. The Morgan fingerprint density at radius 2 is 2.04 bits per heavy atom. The van der Waals surface area contributed by atoms with Crippen LogP contribution in [0.4, 0.5) is 0 Å². The first-order valence-corrected chi connectivity index (χ1v) is 11.4. The van der Waals surface area contributed by atoms with E-state index in [0.29, 0.717) is 5.92 Å². The Bertz CT molecular complexity index is 719. The van der Waals surface area contributed by atoms with Gasteiger partial charge in [0.15, 0.2) is 0 Å². The molecule has 2 aliphatic rings. The average molecular weight is 383 g/mol. The van der Waals surface area contributed by atoms with E-state index in [9.17, 15) is 4.79 Å². The molecule has 1 amide bonds. The van der Waals surface area contributed by atoms with Gasteiger partial charge in [-0.15, -0.1) is 0 Å². The van der Waals surface area contributed by atoms with Crippen LogP contribution in [0.1, 0.15) is 93.4 Å². The van der Waals surface area contributed by atoms with Crippen LogP contribution in [-0.4, -0.2) is 17.0 Å². The van der Waals surface area contributed by atoms with Gasteiger partial charge in [-0.1, -0.05) is 57.8 Å². The van der Waals surface area contributed by atoms with Crippen LogP contribution in [0.2, 0.25) is 0 Å². The molecule has 1 saturated carbocycles. The number of aromatic nitrogens is 1. The Labute approximate surface area is 171 Å². The summed E-state index contributed by atoms with van der Waals surface area (Å²) in [6.45, 7) is 8.38. The maximum atomic E-state index is 12.8. The molecule has 0 bridgehead atoms. The van der Waals surface area contributed by atoms with Crippen LogP contribution in [0.3, 0.4) is 0 Å². The highest BCUT2D eigenvalue weighted by atomic mass is 16.1. The molecule has 0 aromatic carbocycles. The molecule has 3 nitrogen and oxygen atoms in total. The highest BCUT2D eigenvalue weighted by Gasteiger charge is 2.23. The van der Waals surface area contributed by atoms with Gasteiger partial charge in [0, 0.05) is 24.5 Å². The molecule has 1 fully saturated rings. The van der Waals surface area contributed by atoms with Crippen LogP contribution < -0.4 is 5.32 Å². The van der Waals surface area contributed by atoms with E-state index >= 15 is 0 Å². The number of hydrogen-bond acceptors (Lipinski definition) is 1. The lowest BCUT2D eigenvalue weighted by atomic mass is 9.89. The molecule has 3 heteroatoms. The number of hydrogen-bond donors (Lipinski definition) is 1. The average Bonchev–Trinajstić information content (AvgIpc) is 2.87. The molecule has 0 saturated heterocycles. The van der Waals surface area contributed by atoms with Gasteiger partial charge in [-0.2, -0.15) is 0 Å². The number of unbranched alkanes of at least 4 members (excludes halogenated alkanes) is 1. The number of rotatable bonds is 7. The second-order valence-corrected chi connectivity index (χ2v) is 8.83. The normalized spacial score (nSPS) is 20.7.